The fourth-order valence-corrected chi connectivity index (χ4v) is 3.32. The lowest BCUT2D eigenvalue weighted by Gasteiger charge is -2.16. The summed E-state index contributed by atoms with van der Waals surface area (Å²) in [6, 6.07) is 8.34. The number of halogens is 2. The molecule has 1 heterocycles. The summed E-state index contributed by atoms with van der Waals surface area (Å²) in [6.07, 6.45) is 1.23. The van der Waals surface area contributed by atoms with Crippen LogP contribution >= 0.6 is 23.2 Å². The smallest absolute Gasteiger partial charge is 0.270 e. The highest BCUT2D eigenvalue weighted by atomic mass is 35.5. The number of nitrogens with one attached hydrogen (secondary N) is 1. The van der Waals surface area contributed by atoms with Crippen molar-refractivity contribution in [1.29, 1.82) is 0 Å². The number of carbonyl (C=O) groups excluding carboxylic acids is 1. The summed E-state index contributed by atoms with van der Waals surface area (Å²) in [4.78, 5) is 39.3. The standard InChI is InChI=1S/C18H14Cl2N4O4/c1-10(13-4-2-11(19)6-15(13)20)22-17(25)8-23-9-21-16-5-3-12(24(27)28)7-14(16)18(23)26/h2-7,9-10H,8H2,1H3,(H,22,25). The molecule has 0 radical (unpaired) electrons. The van der Waals surface area contributed by atoms with Gasteiger partial charge in [-0.25, -0.2) is 4.98 Å². The molecule has 28 heavy (non-hydrogen) atoms. The average molecular weight is 421 g/mol. The van der Waals surface area contributed by atoms with Crippen molar-refractivity contribution in [2.75, 3.05) is 0 Å². The van der Waals surface area contributed by atoms with E-state index in [1.165, 1.54) is 18.5 Å². The molecule has 8 nitrogen and oxygen atoms in total. The third kappa shape index (κ3) is 4.13. The Balaban J connectivity index is 1.81. The van der Waals surface area contributed by atoms with Gasteiger partial charge in [0, 0.05) is 22.2 Å². The van der Waals surface area contributed by atoms with Gasteiger partial charge in [0.2, 0.25) is 5.91 Å². The zero-order valence-corrected chi connectivity index (χ0v) is 16.1. The van der Waals surface area contributed by atoms with Gasteiger partial charge >= 0.3 is 0 Å². The molecule has 0 saturated carbocycles. The highest BCUT2D eigenvalue weighted by Crippen LogP contribution is 2.26. The number of rotatable bonds is 5. The summed E-state index contributed by atoms with van der Waals surface area (Å²) < 4.78 is 1.09. The van der Waals surface area contributed by atoms with E-state index in [0.717, 1.165) is 10.6 Å². The Kier molecular flexibility index (Phi) is 5.62. The molecule has 1 amide bonds. The van der Waals surface area contributed by atoms with Gasteiger partial charge in [0.25, 0.3) is 11.2 Å². The van der Waals surface area contributed by atoms with E-state index in [4.69, 9.17) is 23.2 Å². The van der Waals surface area contributed by atoms with Crippen LogP contribution in [0.3, 0.4) is 0 Å². The normalized spacial score (nSPS) is 12.0. The molecule has 3 rings (SSSR count). The van der Waals surface area contributed by atoms with Crippen LogP contribution in [0, 0.1) is 10.1 Å². The third-order valence-electron chi connectivity index (χ3n) is 4.14. The molecular formula is C18H14Cl2N4O4. The molecule has 0 saturated heterocycles. The van der Waals surface area contributed by atoms with Crippen LogP contribution in [0.5, 0.6) is 0 Å². The Morgan fingerprint density at radius 2 is 2.04 bits per heavy atom. The zero-order valence-electron chi connectivity index (χ0n) is 14.6. The first kappa shape index (κ1) is 19.8. The van der Waals surface area contributed by atoms with Crippen molar-refractivity contribution in [2.24, 2.45) is 0 Å². The lowest BCUT2D eigenvalue weighted by atomic mass is 10.1. The minimum atomic E-state index is -0.597. The van der Waals surface area contributed by atoms with Crippen LogP contribution in [-0.2, 0) is 11.3 Å². The number of amides is 1. The summed E-state index contributed by atoms with van der Waals surface area (Å²) >= 11 is 12.0. The first-order valence-electron chi connectivity index (χ1n) is 8.14. The van der Waals surface area contributed by atoms with Gasteiger partial charge in [-0.05, 0) is 30.7 Å². The number of non-ortho nitro benzene ring substituents is 1. The Morgan fingerprint density at radius 3 is 2.71 bits per heavy atom. The second kappa shape index (κ2) is 7.95. The van der Waals surface area contributed by atoms with Gasteiger partial charge < -0.3 is 5.32 Å². The van der Waals surface area contributed by atoms with Crippen molar-refractivity contribution >= 4 is 45.7 Å². The van der Waals surface area contributed by atoms with Gasteiger partial charge in [-0.2, -0.15) is 0 Å². The van der Waals surface area contributed by atoms with E-state index < -0.39 is 22.4 Å². The van der Waals surface area contributed by atoms with Crippen molar-refractivity contribution < 1.29 is 9.72 Å². The topological polar surface area (TPSA) is 107 Å². The molecule has 0 aliphatic rings. The zero-order chi connectivity index (χ0) is 20.4. The lowest BCUT2D eigenvalue weighted by molar-refractivity contribution is -0.384. The third-order valence-corrected chi connectivity index (χ3v) is 4.70. The molecule has 0 bridgehead atoms. The molecule has 1 aromatic heterocycles. The van der Waals surface area contributed by atoms with Crippen LogP contribution in [0.1, 0.15) is 18.5 Å². The van der Waals surface area contributed by atoms with Crippen molar-refractivity contribution in [1.82, 2.24) is 14.9 Å². The predicted molar refractivity (Wildman–Crippen MR) is 106 cm³/mol. The summed E-state index contributed by atoms with van der Waals surface area (Å²) in [5.41, 5.74) is 0.230. The quantitative estimate of drug-likeness (QED) is 0.501. The van der Waals surface area contributed by atoms with E-state index in [0.29, 0.717) is 21.1 Å². The molecule has 0 aliphatic heterocycles. The number of nitrogens with zero attached hydrogens (tertiary/aromatic N) is 3. The fourth-order valence-electron chi connectivity index (χ4n) is 2.75. The van der Waals surface area contributed by atoms with Crippen LogP contribution in [0.2, 0.25) is 10.0 Å². The van der Waals surface area contributed by atoms with E-state index in [2.05, 4.69) is 10.3 Å². The molecule has 1 atom stereocenters. The first-order valence-corrected chi connectivity index (χ1v) is 8.90. The van der Waals surface area contributed by atoms with Crippen LogP contribution in [-0.4, -0.2) is 20.4 Å². The maximum Gasteiger partial charge on any atom is 0.270 e. The van der Waals surface area contributed by atoms with E-state index in [9.17, 15) is 19.7 Å². The summed E-state index contributed by atoms with van der Waals surface area (Å²) in [6.45, 7) is 1.46. The molecule has 2 aromatic carbocycles. The fraction of sp³-hybridized carbons (Fsp3) is 0.167. The molecular weight excluding hydrogens is 407 g/mol. The molecule has 0 aliphatic carbocycles. The number of nitro groups is 1. The number of benzene rings is 2. The van der Waals surface area contributed by atoms with Gasteiger partial charge in [0.1, 0.15) is 6.54 Å². The van der Waals surface area contributed by atoms with E-state index in [1.807, 2.05) is 0 Å². The van der Waals surface area contributed by atoms with Crippen molar-refractivity contribution in [2.45, 2.75) is 19.5 Å². The Hall–Kier alpha value is -2.97. The van der Waals surface area contributed by atoms with Gasteiger partial charge in [0.15, 0.2) is 0 Å². The van der Waals surface area contributed by atoms with E-state index >= 15 is 0 Å². The Bertz CT molecular complexity index is 1150. The molecule has 144 valence electrons. The second-order valence-electron chi connectivity index (χ2n) is 6.09. The van der Waals surface area contributed by atoms with E-state index in [-0.39, 0.29) is 17.6 Å². The molecule has 3 aromatic rings. The summed E-state index contributed by atoms with van der Waals surface area (Å²) in [5, 5.41) is 14.6. The Labute approximate surface area is 168 Å². The number of hydrogen-bond acceptors (Lipinski definition) is 5. The molecule has 1 unspecified atom stereocenters. The van der Waals surface area contributed by atoms with Crippen LogP contribution < -0.4 is 10.9 Å². The van der Waals surface area contributed by atoms with Gasteiger partial charge in [-0.1, -0.05) is 29.3 Å². The van der Waals surface area contributed by atoms with Crippen molar-refractivity contribution in [3.05, 3.63) is 78.8 Å². The summed E-state index contributed by atoms with van der Waals surface area (Å²) in [7, 11) is 0. The largest absolute Gasteiger partial charge is 0.348 e. The van der Waals surface area contributed by atoms with Crippen LogP contribution in [0.4, 0.5) is 5.69 Å². The van der Waals surface area contributed by atoms with Crippen LogP contribution in [0.25, 0.3) is 10.9 Å². The minimum Gasteiger partial charge on any atom is -0.348 e. The number of fused-ring (bicyclic) bond motifs is 1. The second-order valence-corrected chi connectivity index (χ2v) is 6.93. The monoisotopic (exact) mass is 420 g/mol. The van der Waals surface area contributed by atoms with Gasteiger partial charge in [0.05, 0.1) is 28.2 Å². The Morgan fingerprint density at radius 1 is 1.29 bits per heavy atom. The van der Waals surface area contributed by atoms with E-state index in [1.54, 1.807) is 25.1 Å². The number of carbonyl (C=O) groups is 1. The van der Waals surface area contributed by atoms with Gasteiger partial charge in [-0.15, -0.1) is 0 Å². The predicted octanol–water partition coefficient (Wildman–Crippen LogP) is 3.49. The maximum atomic E-state index is 12.6. The first-order chi connectivity index (χ1) is 13.3. The maximum absolute atomic E-state index is 12.6. The van der Waals surface area contributed by atoms with Crippen molar-refractivity contribution in [3.8, 4) is 0 Å². The summed E-state index contributed by atoms with van der Waals surface area (Å²) in [5.74, 6) is -0.438. The molecule has 10 heteroatoms. The number of hydrogen-bond donors (Lipinski definition) is 1. The SMILES string of the molecule is CC(NC(=O)Cn1cnc2ccc([N+](=O)[O-])cc2c1=O)c1ccc(Cl)cc1Cl. The average Bonchev–Trinajstić information content (AvgIpc) is 2.63. The minimum absolute atomic E-state index is 0.0679. The number of nitro benzene ring substituents is 1. The number of aromatic nitrogens is 2. The highest BCUT2D eigenvalue weighted by molar-refractivity contribution is 6.35. The highest BCUT2D eigenvalue weighted by Gasteiger charge is 2.15. The van der Waals surface area contributed by atoms with Crippen LogP contribution in [0.15, 0.2) is 47.5 Å². The lowest BCUT2D eigenvalue weighted by Crippen LogP contribution is -2.34. The molecule has 0 fully saturated rings. The molecule has 0 spiro atoms. The van der Waals surface area contributed by atoms with Crippen molar-refractivity contribution in [3.63, 3.8) is 0 Å². The molecule has 1 N–H and O–H groups in total. The van der Waals surface area contributed by atoms with Gasteiger partial charge in [-0.3, -0.25) is 24.3 Å².